The summed E-state index contributed by atoms with van der Waals surface area (Å²) in [6.07, 6.45) is -5.14. The van der Waals surface area contributed by atoms with E-state index in [4.69, 9.17) is 4.74 Å². The van der Waals surface area contributed by atoms with Gasteiger partial charge in [-0.2, -0.15) is 0 Å². The zero-order chi connectivity index (χ0) is 39.1. The zero-order valence-corrected chi connectivity index (χ0v) is 31.4. The lowest BCUT2D eigenvalue weighted by atomic mass is 9.91. The van der Waals surface area contributed by atoms with Crippen LogP contribution in [0.5, 0.6) is 0 Å². The minimum Gasteiger partial charge on any atom is -0.450 e. The number of cyclic esters (lactones) is 1. The summed E-state index contributed by atoms with van der Waals surface area (Å²) in [5.41, 5.74) is -0.806. The normalized spacial score (nSPS) is 33.5. The van der Waals surface area contributed by atoms with E-state index < -0.39 is 108 Å². The van der Waals surface area contributed by atoms with Crippen LogP contribution in [0.4, 0.5) is 5.69 Å². The Balaban J connectivity index is 1.61. The number of ether oxygens (including phenoxy) is 1. The number of amides is 5. The van der Waals surface area contributed by atoms with E-state index in [1.165, 1.54) is 11.8 Å². The van der Waals surface area contributed by atoms with Gasteiger partial charge in [-0.1, -0.05) is 59.7 Å². The highest BCUT2D eigenvalue weighted by atomic mass is 16.6. The second-order valence-corrected chi connectivity index (χ2v) is 16.0. The van der Waals surface area contributed by atoms with Gasteiger partial charge < -0.3 is 51.1 Å². The van der Waals surface area contributed by atoms with Crippen molar-refractivity contribution in [3.63, 3.8) is 0 Å². The predicted octanol–water partition coefficient (Wildman–Crippen LogP) is -0.303. The molecule has 0 saturated carbocycles. The molecule has 5 rings (SSSR count). The van der Waals surface area contributed by atoms with Crippen molar-refractivity contribution in [2.24, 2.45) is 17.8 Å². The lowest BCUT2D eigenvalue weighted by Gasteiger charge is -2.40. The van der Waals surface area contributed by atoms with Gasteiger partial charge in [0.2, 0.25) is 23.6 Å². The van der Waals surface area contributed by atoms with Gasteiger partial charge in [0.05, 0.1) is 12.2 Å². The Morgan fingerprint density at radius 3 is 2.09 bits per heavy atom. The highest BCUT2D eigenvalue weighted by Gasteiger charge is 2.61. The third-order valence-electron chi connectivity index (χ3n) is 10.7. The van der Waals surface area contributed by atoms with E-state index in [1.807, 2.05) is 13.8 Å². The first-order valence-corrected chi connectivity index (χ1v) is 18.5. The standard InChI is InChI=1S/C37H54N6O10/c1-17(2)14-24-30(46)41-28(20(7)44)33(49)43-26(16-37(52)22-10-8-9-11-23(22)39-36(37)43)32(48)40-27(18(3)4)35(51)53-29(19(5)6)34(50)42-13-12-21(45)15-25(42)31(47)38-24/h8-11,17-21,24-29,36,39,44-45,52H,12-16H2,1-7H3,(H,38,47)(H,40,48)(H,41,46)/t20-,21-,24-,25+,26-,27+,28+,29-,36-,37+/m1/s1. The number of rotatable bonds is 5. The number of hydrogen-bond acceptors (Lipinski definition) is 11. The zero-order valence-electron chi connectivity index (χ0n) is 31.4. The monoisotopic (exact) mass is 742 g/mol. The number of piperidine rings is 1. The van der Waals surface area contributed by atoms with Crippen molar-refractivity contribution >= 4 is 41.2 Å². The van der Waals surface area contributed by atoms with Crippen LogP contribution >= 0.6 is 0 Å². The first-order chi connectivity index (χ1) is 24.8. The number of anilines is 1. The SMILES string of the molecule is CC(C)C[C@H]1NC(=O)[C@@H]2C[C@H](O)CCN2C(=O)[C@@H](C(C)C)OC(=O)[C@H](C(C)C)NC(=O)[C@H]2C[C@]3(O)c4ccccc4N[C@@H]3N2C(=O)[C@H]([C@@H](C)O)NC1=O. The van der Waals surface area contributed by atoms with Gasteiger partial charge in [-0.05, 0) is 43.6 Å². The van der Waals surface area contributed by atoms with Gasteiger partial charge in [-0.25, -0.2) is 4.79 Å². The van der Waals surface area contributed by atoms with Crippen molar-refractivity contribution in [1.29, 1.82) is 0 Å². The summed E-state index contributed by atoms with van der Waals surface area (Å²) in [5, 5.41) is 44.8. The van der Waals surface area contributed by atoms with Crippen molar-refractivity contribution in [1.82, 2.24) is 25.8 Å². The van der Waals surface area contributed by atoms with Crippen LogP contribution in [0.15, 0.2) is 24.3 Å². The molecule has 0 bridgehead atoms. The highest BCUT2D eigenvalue weighted by molar-refractivity contribution is 5.98. The maximum Gasteiger partial charge on any atom is 0.329 e. The fourth-order valence-electron chi connectivity index (χ4n) is 7.81. The van der Waals surface area contributed by atoms with Crippen molar-refractivity contribution in [2.45, 2.75) is 134 Å². The van der Waals surface area contributed by atoms with E-state index in [1.54, 1.807) is 52.0 Å². The summed E-state index contributed by atoms with van der Waals surface area (Å²) in [4.78, 5) is 87.3. The first-order valence-electron chi connectivity index (χ1n) is 18.5. The van der Waals surface area contributed by atoms with Gasteiger partial charge in [0.1, 0.15) is 42.0 Å². The predicted molar refractivity (Wildman–Crippen MR) is 190 cm³/mol. The summed E-state index contributed by atoms with van der Waals surface area (Å²) in [7, 11) is 0. The van der Waals surface area contributed by atoms with E-state index in [0.29, 0.717) is 11.3 Å². The topological polar surface area (TPSA) is 227 Å². The minimum atomic E-state index is -1.77. The number of para-hydroxylation sites is 1. The molecule has 3 fully saturated rings. The number of nitrogens with zero attached hydrogens (tertiary/aromatic N) is 2. The molecule has 16 nitrogen and oxygen atoms in total. The van der Waals surface area contributed by atoms with Gasteiger partial charge in [-0.3, -0.25) is 24.0 Å². The Morgan fingerprint density at radius 1 is 0.830 bits per heavy atom. The molecule has 0 spiro atoms. The maximum absolute atomic E-state index is 14.6. The van der Waals surface area contributed by atoms with E-state index in [-0.39, 0.29) is 38.1 Å². The summed E-state index contributed by atoms with van der Waals surface area (Å²) >= 11 is 0. The number of carbonyl (C=O) groups is 6. The molecule has 3 saturated heterocycles. The largest absolute Gasteiger partial charge is 0.450 e. The average molecular weight is 743 g/mol. The van der Waals surface area contributed by atoms with Crippen molar-refractivity contribution in [2.75, 3.05) is 11.9 Å². The van der Waals surface area contributed by atoms with Crippen LogP contribution in [-0.4, -0.2) is 122 Å². The Labute approximate surface area is 309 Å². The molecule has 4 aliphatic heterocycles. The van der Waals surface area contributed by atoms with E-state index in [2.05, 4.69) is 21.3 Å². The number of esters is 1. The van der Waals surface area contributed by atoms with Crippen molar-refractivity contribution in [3.8, 4) is 0 Å². The van der Waals surface area contributed by atoms with Crippen LogP contribution in [0.1, 0.15) is 79.7 Å². The van der Waals surface area contributed by atoms with Crippen LogP contribution in [0, 0.1) is 17.8 Å². The molecule has 7 N–H and O–H groups in total. The minimum absolute atomic E-state index is 0.0262. The molecule has 0 aromatic heterocycles. The van der Waals surface area contributed by atoms with Crippen LogP contribution < -0.4 is 21.3 Å². The lowest BCUT2D eigenvalue weighted by molar-refractivity contribution is -0.170. The van der Waals surface area contributed by atoms with Gasteiger partial charge in [-0.15, -0.1) is 0 Å². The number of carbonyl (C=O) groups excluding carboxylic acids is 6. The molecular formula is C37H54N6O10. The number of aliphatic hydroxyl groups excluding tert-OH is 2. The molecule has 0 aliphatic carbocycles. The molecule has 16 heteroatoms. The molecule has 1 aromatic carbocycles. The average Bonchev–Trinajstić information content (AvgIpc) is 3.54. The molecule has 292 valence electrons. The van der Waals surface area contributed by atoms with Crippen LogP contribution in [0.25, 0.3) is 0 Å². The number of fused-ring (bicyclic) bond motifs is 6. The molecule has 4 aliphatic rings. The van der Waals surface area contributed by atoms with Gasteiger partial charge >= 0.3 is 5.97 Å². The molecular weight excluding hydrogens is 688 g/mol. The Kier molecular flexibility index (Phi) is 11.7. The molecule has 10 atom stereocenters. The lowest BCUT2D eigenvalue weighted by Crippen LogP contribution is -2.64. The highest BCUT2D eigenvalue weighted by Crippen LogP contribution is 2.49. The molecule has 0 unspecified atom stereocenters. The molecule has 4 heterocycles. The number of benzene rings is 1. The van der Waals surface area contributed by atoms with Crippen molar-refractivity contribution < 1.29 is 48.8 Å². The third kappa shape index (κ3) is 7.85. The van der Waals surface area contributed by atoms with Crippen molar-refractivity contribution in [3.05, 3.63) is 29.8 Å². The number of aliphatic hydroxyl groups is 3. The summed E-state index contributed by atoms with van der Waals surface area (Å²) in [5.74, 6) is -6.04. The third-order valence-corrected chi connectivity index (χ3v) is 10.7. The summed E-state index contributed by atoms with van der Waals surface area (Å²) in [6.45, 7) is 11.6. The summed E-state index contributed by atoms with van der Waals surface area (Å²) in [6, 6.07) is 0.0511. The van der Waals surface area contributed by atoms with Crippen LogP contribution in [0.2, 0.25) is 0 Å². The fourth-order valence-corrected chi connectivity index (χ4v) is 7.81. The Hall–Kier alpha value is -4.28. The molecule has 53 heavy (non-hydrogen) atoms. The molecule has 1 aromatic rings. The van der Waals surface area contributed by atoms with Crippen LogP contribution in [-0.2, 0) is 39.1 Å². The molecule has 0 radical (unpaired) electrons. The Bertz CT molecular complexity index is 1600. The van der Waals surface area contributed by atoms with Gasteiger partial charge in [0.25, 0.3) is 5.91 Å². The van der Waals surface area contributed by atoms with Gasteiger partial charge in [0.15, 0.2) is 6.10 Å². The molecule has 5 amide bonds. The second kappa shape index (κ2) is 15.6. The summed E-state index contributed by atoms with van der Waals surface area (Å²) < 4.78 is 5.84. The fraction of sp³-hybridized carbons (Fsp3) is 0.676. The maximum atomic E-state index is 14.6. The van der Waals surface area contributed by atoms with E-state index in [9.17, 15) is 44.1 Å². The van der Waals surface area contributed by atoms with E-state index in [0.717, 1.165) is 4.90 Å². The number of hydrogen-bond donors (Lipinski definition) is 7. The number of nitrogens with one attached hydrogen (secondary N) is 4. The first kappa shape index (κ1) is 39.9. The second-order valence-electron chi connectivity index (χ2n) is 16.0. The Morgan fingerprint density at radius 2 is 1.47 bits per heavy atom. The van der Waals surface area contributed by atoms with Crippen LogP contribution in [0.3, 0.4) is 0 Å². The van der Waals surface area contributed by atoms with Gasteiger partial charge in [0, 0.05) is 30.6 Å². The van der Waals surface area contributed by atoms with E-state index >= 15 is 0 Å². The quantitative estimate of drug-likeness (QED) is 0.194. The smallest absolute Gasteiger partial charge is 0.329 e.